The quantitative estimate of drug-likeness (QED) is 0.291. The molecule has 1 saturated heterocycles. The van der Waals surface area contributed by atoms with Crippen molar-refractivity contribution >= 4 is 23.2 Å². The van der Waals surface area contributed by atoms with Gasteiger partial charge in [0.2, 0.25) is 0 Å². The first-order valence-electron chi connectivity index (χ1n) is 12.0. The molecule has 0 bridgehead atoms. The standard InChI is InChI=1S/C27H39N3O4/c1-9-10-11-27(7)12-14-29(15-13-27)24-22(23(25(32)33-8)34-26(4,5)6)18(2)16-21-28-20(19(3)31)17-30(21)24/h9,16-17,23H,1,10-15H2,2-8H3/t23-/m0/s1. The van der Waals surface area contributed by atoms with Gasteiger partial charge in [-0.25, -0.2) is 9.78 Å². The van der Waals surface area contributed by atoms with Crippen LogP contribution in [0.3, 0.4) is 0 Å². The molecule has 0 aliphatic carbocycles. The summed E-state index contributed by atoms with van der Waals surface area (Å²) in [5, 5.41) is 0. The summed E-state index contributed by atoms with van der Waals surface area (Å²) in [4.78, 5) is 32.0. The summed E-state index contributed by atoms with van der Waals surface area (Å²) in [5.41, 5.74) is 2.40. The summed E-state index contributed by atoms with van der Waals surface area (Å²) >= 11 is 0. The summed E-state index contributed by atoms with van der Waals surface area (Å²) in [5.74, 6) is 0.304. The van der Waals surface area contributed by atoms with Crippen LogP contribution in [0.25, 0.3) is 5.65 Å². The van der Waals surface area contributed by atoms with E-state index in [4.69, 9.17) is 9.47 Å². The van der Waals surface area contributed by atoms with Gasteiger partial charge in [-0.3, -0.25) is 9.20 Å². The van der Waals surface area contributed by atoms with E-state index in [0.717, 1.165) is 55.7 Å². The molecule has 0 aromatic carbocycles. The fourth-order valence-electron chi connectivity index (χ4n) is 4.70. The highest BCUT2D eigenvalue weighted by Crippen LogP contribution is 2.41. The molecule has 34 heavy (non-hydrogen) atoms. The fourth-order valence-corrected chi connectivity index (χ4v) is 4.70. The van der Waals surface area contributed by atoms with E-state index in [-0.39, 0.29) is 11.2 Å². The first-order valence-corrected chi connectivity index (χ1v) is 12.0. The van der Waals surface area contributed by atoms with Crippen molar-refractivity contribution < 1.29 is 19.1 Å². The van der Waals surface area contributed by atoms with Gasteiger partial charge in [0.1, 0.15) is 17.2 Å². The Kier molecular flexibility index (Phi) is 7.56. The Morgan fingerprint density at radius 2 is 1.94 bits per heavy atom. The molecule has 0 N–H and O–H groups in total. The van der Waals surface area contributed by atoms with Crippen molar-refractivity contribution in [1.29, 1.82) is 0 Å². The molecule has 0 spiro atoms. The number of esters is 1. The number of rotatable bonds is 8. The van der Waals surface area contributed by atoms with Crippen molar-refractivity contribution in [2.75, 3.05) is 25.1 Å². The van der Waals surface area contributed by atoms with Gasteiger partial charge in [-0.05, 0) is 70.4 Å². The Hall–Kier alpha value is -2.67. The third-order valence-electron chi connectivity index (χ3n) is 6.70. The highest BCUT2D eigenvalue weighted by molar-refractivity contribution is 5.93. The van der Waals surface area contributed by atoms with E-state index in [1.807, 2.05) is 44.2 Å². The zero-order chi connectivity index (χ0) is 25.3. The molecule has 0 saturated carbocycles. The van der Waals surface area contributed by atoms with Crippen molar-refractivity contribution in [2.45, 2.75) is 78.9 Å². The normalized spacial score (nSPS) is 17.0. The number of carbonyl (C=O) groups excluding carboxylic acids is 2. The first-order chi connectivity index (χ1) is 15.9. The molecule has 7 heteroatoms. The highest BCUT2D eigenvalue weighted by Gasteiger charge is 2.37. The minimum atomic E-state index is -0.901. The number of hydrogen-bond acceptors (Lipinski definition) is 6. The summed E-state index contributed by atoms with van der Waals surface area (Å²) in [6.45, 7) is 17.1. The highest BCUT2D eigenvalue weighted by atomic mass is 16.6. The van der Waals surface area contributed by atoms with Gasteiger partial charge in [-0.2, -0.15) is 0 Å². The van der Waals surface area contributed by atoms with Crippen LogP contribution < -0.4 is 4.90 Å². The summed E-state index contributed by atoms with van der Waals surface area (Å²) in [6.07, 6.45) is 7.01. The van der Waals surface area contributed by atoms with Crippen LogP contribution in [0.5, 0.6) is 0 Å². The molecule has 186 valence electrons. The minimum absolute atomic E-state index is 0.0973. The molecule has 2 aromatic heterocycles. The topological polar surface area (TPSA) is 73.1 Å². The van der Waals surface area contributed by atoms with Crippen LogP contribution in [0.1, 0.15) is 88.0 Å². The molecular formula is C27H39N3O4. The van der Waals surface area contributed by atoms with Crippen LogP contribution in [-0.2, 0) is 14.3 Å². The molecule has 1 aliphatic heterocycles. The SMILES string of the molecule is C=CCCC1(C)CCN(c2c([C@H](OC(C)(C)C)C(=O)OC)c(C)cc3nc(C(C)=O)cn23)CC1. The maximum Gasteiger partial charge on any atom is 0.339 e. The van der Waals surface area contributed by atoms with Gasteiger partial charge in [-0.15, -0.1) is 6.58 Å². The third kappa shape index (κ3) is 5.52. The van der Waals surface area contributed by atoms with Gasteiger partial charge in [-0.1, -0.05) is 13.0 Å². The number of imidazole rings is 1. The zero-order valence-electron chi connectivity index (χ0n) is 21.7. The van der Waals surface area contributed by atoms with Crippen LogP contribution in [0, 0.1) is 12.3 Å². The lowest BCUT2D eigenvalue weighted by molar-refractivity contribution is -0.164. The number of Topliss-reactive ketones (excluding diaryl/α,β-unsaturated/α-hetero) is 1. The lowest BCUT2D eigenvalue weighted by atomic mass is 9.76. The van der Waals surface area contributed by atoms with Crippen molar-refractivity contribution in [1.82, 2.24) is 9.38 Å². The number of aromatic nitrogens is 2. The van der Waals surface area contributed by atoms with Crippen molar-refractivity contribution in [3.63, 3.8) is 0 Å². The van der Waals surface area contributed by atoms with E-state index < -0.39 is 17.7 Å². The van der Waals surface area contributed by atoms with Gasteiger partial charge in [0, 0.05) is 31.8 Å². The number of ether oxygens (including phenoxy) is 2. The van der Waals surface area contributed by atoms with Gasteiger partial charge in [0.15, 0.2) is 11.9 Å². The number of pyridine rings is 1. The molecule has 7 nitrogen and oxygen atoms in total. The monoisotopic (exact) mass is 469 g/mol. The van der Waals surface area contributed by atoms with Crippen LogP contribution >= 0.6 is 0 Å². The predicted molar refractivity (Wildman–Crippen MR) is 135 cm³/mol. The molecule has 2 aromatic rings. The number of methoxy groups -OCH3 is 1. The predicted octanol–water partition coefficient (Wildman–Crippen LogP) is 5.45. The maximum absolute atomic E-state index is 13.0. The van der Waals surface area contributed by atoms with E-state index in [1.165, 1.54) is 14.0 Å². The molecular weight excluding hydrogens is 430 g/mol. The molecule has 3 rings (SSSR count). The van der Waals surface area contributed by atoms with E-state index in [1.54, 1.807) is 6.20 Å². The average Bonchev–Trinajstić information content (AvgIpc) is 3.19. The van der Waals surface area contributed by atoms with E-state index >= 15 is 0 Å². The summed E-state index contributed by atoms with van der Waals surface area (Å²) in [6, 6.07) is 1.91. The largest absolute Gasteiger partial charge is 0.467 e. The molecule has 0 radical (unpaired) electrons. The summed E-state index contributed by atoms with van der Waals surface area (Å²) < 4.78 is 13.4. The Morgan fingerprint density at radius 1 is 1.29 bits per heavy atom. The number of piperidine rings is 1. The van der Waals surface area contributed by atoms with Crippen LogP contribution in [-0.4, -0.2) is 46.9 Å². The number of carbonyl (C=O) groups is 2. The fraction of sp³-hybridized carbons (Fsp3) is 0.593. The van der Waals surface area contributed by atoms with E-state index in [2.05, 4.69) is 23.4 Å². The number of fused-ring (bicyclic) bond motifs is 1. The second kappa shape index (κ2) is 9.90. The van der Waals surface area contributed by atoms with Crippen LogP contribution in [0.4, 0.5) is 5.82 Å². The number of hydrogen-bond donors (Lipinski definition) is 0. The molecule has 3 heterocycles. The second-order valence-corrected chi connectivity index (χ2v) is 10.7. The number of aryl methyl sites for hydroxylation is 1. The number of anilines is 1. The third-order valence-corrected chi connectivity index (χ3v) is 6.70. The summed E-state index contributed by atoms with van der Waals surface area (Å²) in [7, 11) is 1.38. The lowest BCUT2D eigenvalue weighted by Gasteiger charge is -2.42. The Morgan fingerprint density at radius 3 is 2.47 bits per heavy atom. The lowest BCUT2D eigenvalue weighted by Crippen LogP contribution is -2.41. The zero-order valence-corrected chi connectivity index (χ0v) is 21.7. The van der Waals surface area contributed by atoms with Crippen LogP contribution in [0.2, 0.25) is 0 Å². The van der Waals surface area contributed by atoms with Gasteiger partial charge in [0.05, 0.1) is 12.7 Å². The van der Waals surface area contributed by atoms with Crippen molar-refractivity contribution in [2.24, 2.45) is 5.41 Å². The molecule has 1 aliphatic rings. The van der Waals surface area contributed by atoms with Gasteiger partial charge < -0.3 is 14.4 Å². The Bertz CT molecular complexity index is 1070. The second-order valence-electron chi connectivity index (χ2n) is 10.7. The molecule has 1 fully saturated rings. The first kappa shape index (κ1) is 25.9. The van der Waals surface area contributed by atoms with Gasteiger partial charge in [0.25, 0.3) is 0 Å². The Balaban J connectivity index is 2.17. The average molecular weight is 470 g/mol. The minimum Gasteiger partial charge on any atom is -0.467 e. The van der Waals surface area contributed by atoms with Crippen molar-refractivity contribution in [3.8, 4) is 0 Å². The maximum atomic E-state index is 13.0. The van der Waals surface area contributed by atoms with Crippen LogP contribution in [0.15, 0.2) is 24.9 Å². The number of nitrogens with zero attached hydrogens (tertiary/aromatic N) is 3. The molecule has 1 atom stereocenters. The molecule has 0 unspecified atom stereocenters. The van der Waals surface area contributed by atoms with E-state index in [9.17, 15) is 9.59 Å². The Labute approximate surface area is 203 Å². The smallest absolute Gasteiger partial charge is 0.339 e. The van der Waals surface area contributed by atoms with Crippen molar-refractivity contribution in [3.05, 3.63) is 41.7 Å². The van der Waals surface area contributed by atoms with E-state index in [0.29, 0.717) is 11.3 Å². The molecule has 0 amide bonds. The van der Waals surface area contributed by atoms with Gasteiger partial charge >= 0.3 is 5.97 Å². The number of allylic oxidation sites excluding steroid dienone is 1. The number of ketones is 1.